The predicted octanol–water partition coefficient (Wildman–Crippen LogP) is 0.613. The lowest BCUT2D eigenvalue weighted by atomic mass is 10.3. The lowest BCUT2D eigenvalue weighted by molar-refractivity contribution is -0.156. The Morgan fingerprint density at radius 3 is 2.37 bits per heavy atom. The number of carbonyl (C=O) groups excluding carboxylic acids is 2. The highest BCUT2D eigenvalue weighted by molar-refractivity contribution is 8.13. The average molecular weight is 294 g/mol. The molecule has 0 aliphatic heterocycles. The number of ether oxygens (including phenoxy) is 3. The van der Waals surface area contributed by atoms with Crippen LogP contribution in [-0.4, -0.2) is 61.1 Å². The van der Waals surface area contributed by atoms with Gasteiger partial charge in [0.15, 0.2) is 11.2 Å². The number of hydrogen-bond acceptors (Lipinski definition) is 7. The normalized spacial score (nSPS) is 12.2. The van der Waals surface area contributed by atoms with Crippen molar-refractivity contribution >= 4 is 22.8 Å². The second-order valence-electron chi connectivity index (χ2n) is 3.50. The highest BCUT2D eigenvalue weighted by atomic mass is 32.2. The van der Waals surface area contributed by atoms with E-state index in [-0.39, 0.29) is 24.7 Å². The van der Waals surface area contributed by atoms with E-state index in [4.69, 9.17) is 14.2 Å². The van der Waals surface area contributed by atoms with Crippen LogP contribution in [0.4, 0.5) is 0 Å². The van der Waals surface area contributed by atoms with E-state index in [1.807, 2.05) is 13.8 Å². The molecule has 1 unspecified atom stereocenters. The van der Waals surface area contributed by atoms with Gasteiger partial charge in [0.2, 0.25) is 0 Å². The SMILES string of the molecule is CCOCCOC(=O)C(O)CC(=O)SCCOCC. The smallest absolute Gasteiger partial charge is 0.335 e. The molecule has 0 aromatic heterocycles. The van der Waals surface area contributed by atoms with Gasteiger partial charge in [-0.2, -0.15) is 0 Å². The minimum Gasteiger partial charge on any atom is -0.461 e. The molecule has 7 heteroatoms. The first kappa shape index (κ1) is 18.4. The van der Waals surface area contributed by atoms with Gasteiger partial charge in [-0.05, 0) is 13.8 Å². The molecule has 19 heavy (non-hydrogen) atoms. The summed E-state index contributed by atoms with van der Waals surface area (Å²) in [4.78, 5) is 22.7. The van der Waals surface area contributed by atoms with Crippen molar-refractivity contribution in [1.82, 2.24) is 0 Å². The van der Waals surface area contributed by atoms with Crippen LogP contribution in [0.15, 0.2) is 0 Å². The van der Waals surface area contributed by atoms with E-state index in [1.165, 1.54) is 0 Å². The second-order valence-corrected chi connectivity index (χ2v) is 4.65. The molecule has 0 aromatic rings. The van der Waals surface area contributed by atoms with Crippen LogP contribution >= 0.6 is 11.8 Å². The third kappa shape index (κ3) is 10.9. The van der Waals surface area contributed by atoms with E-state index >= 15 is 0 Å². The summed E-state index contributed by atoms with van der Waals surface area (Å²) in [7, 11) is 0. The van der Waals surface area contributed by atoms with Gasteiger partial charge in [0, 0.05) is 19.0 Å². The van der Waals surface area contributed by atoms with Crippen molar-refractivity contribution < 1.29 is 28.9 Å². The number of aliphatic hydroxyl groups is 1. The van der Waals surface area contributed by atoms with E-state index in [2.05, 4.69) is 0 Å². The summed E-state index contributed by atoms with van der Waals surface area (Å²) in [6.45, 7) is 5.67. The molecule has 0 aromatic carbocycles. The van der Waals surface area contributed by atoms with Crippen molar-refractivity contribution in [2.24, 2.45) is 0 Å². The molecule has 0 aliphatic rings. The molecule has 0 aliphatic carbocycles. The molecule has 0 spiro atoms. The molecular formula is C12H22O6S. The van der Waals surface area contributed by atoms with Gasteiger partial charge in [-0.25, -0.2) is 4.79 Å². The Bertz CT molecular complexity index is 259. The van der Waals surface area contributed by atoms with E-state index in [0.29, 0.717) is 25.6 Å². The maximum atomic E-state index is 11.4. The second kappa shape index (κ2) is 12.4. The fourth-order valence-corrected chi connectivity index (χ4v) is 1.81. The fourth-order valence-electron chi connectivity index (χ4n) is 1.10. The molecule has 0 saturated carbocycles. The first-order valence-corrected chi connectivity index (χ1v) is 7.26. The van der Waals surface area contributed by atoms with Crippen LogP contribution in [0, 0.1) is 0 Å². The summed E-state index contributed by atoms with van der Waals surface area (Å²) in [6, 6.07) is 0. The van der Waals surface area contributed by atoms with E-state index in [9.17, 15) is 14.7 Å². The molecule has 1 N–H and O–H groups in total. The number of esters is 1. The van der Waals surface area contributed by atoms with Gasteiger partial charge in [0.05, 0.1) is 19.6 Å². The lowest BCUT2D eigenvalue weighted by Gasteiger charge is -2.09. The van der Waals surface area contributed by atoms with Crippen LogP contribution < -0.4 is 0 Å². The van der Waals surface area contributed by atoms with Gasteiger partial charge < -0.3 is 19.3 Å². The maximum Gasteiger partial charge on any atom is 0.335 e. The highest BCUT2D eigenvalue weighted by Crippen LogP contribution is 2.08. The summed E-state index contributed by atoms with van der Waals surface area (Å²) in [5.74, 6) is -0.280. The van der Waals surface area contributed by atoms with Crippen molar-refractivity contribution in [2.45, 2.75) is 26.4 Å². The fraction of sp³-hybridized carbons (Fsp3) is 0.833. The van der Waals surface area contributed by atoms with E-state index < -0.39 is 12.1 Å². The molecular weight excluding hydrogens is 272 g/mol. The van der Waals surface area contributed by atoms with Crippen LogP contribution in [0.5, 0.6) is 0 Å². The summed E-state index contributed by atoms with van der Waals surface area (Å²) >= 11 is 1.04. The summed E-state index contributed by atoms with van der Waals surface area (Å²) in [5, 5.41) is 9.21. The Balaban J connectivity index is 3.66. The number of carbonyl (C=O) groups is 2. The third-order valence-corrected chi connectivity index (χ3v) is 2.86. The molecule has 0 rings (SSSR count). The standard InChI is InChI=1S/C12H22O6S/c1-3-16-5-6-18-12(15)10(13)9-11(14)19-8-7-17-4-2/h10,13H,3-9H2,1-2H3. The van der Waals surface area contributed by atoms with Gasteiger partial charge in [-0.3, -0.25) is 4.79 Å². The van der Waals surface area contributed by atoms with Gasteiger partial charge in [-0.1, -0.05) is 11.8 Å². The van der Waals surface area contributed by atoms with Crippen LogP contribution in [0.3, 0.4) is 0 Å². The van der Waals surface area contributed by atoms with Crippen LogP contribution in [-0.2, 0) is 23.8 Å². The van der Waals surface area contributed by atoms with Gasteiger partial charge in [0.1, 0.15) is 6.61 Å². The van der Waals surface area contributed by atoms with Crippen molar-refractivity contribution in [3.05, 3.63) is 0 Å². The zero-order valence-electron chi connectivity index (χ0n) is 11.4. The Morgan fingerprint density at radius 1 is 1.11 bits per heavy atom. The molecule has 1 atom stereocenters. The van der Waals surface area contributed by atoms with Gasteiger partial charge in [0.25, 0.3) is 0 Å². The molecule has 112 valence electrons. The molecule has 0 radical (unpaired) electrons. The molecule has 6 nitrogen and oxygen atoms in total. The first-order valence-electron chi connectivity index (χ1n) is 6.27. The molecule has 0 bridgehead atoms. The Kier molecular flexibility index (Phi) is 12.0. The Labute approximate surface area is 117 Å². The van der Waals surface area contributed by atoms with Gasteiger partial charge >= 0.3 is 5.97 Å². The predicted molar refractivity (Wildman–Crippen MR) is 72.0 cm³/mol. The molecule has 0 saturated heterocycles. The largest absolute Gasteiger partial charge is 0.461 e. The minimum atomic E-state index is -1.41. The number of thioether (sulfide) groups is 1. The zero-order valence-corrected chi connectivity index (χ0v) is 12.2. The van der Waals surface area contributed by atoms with Gasteiger partial charge in [-0.15, -0.1) is 0 Å². The number of rotatable bonds is 11. The van der Waals surface area contributed by atoms with Crippen molar-refractivity contribution in [3.8, 4) is 0 Å². The summed E-state index contributed by atoms with van der Waals surface area (Å²) < 4.78 is 14.8. The van der Waals surface area contributed by atoms with E-state index in [0.717, 1.165) is 11.8 Å². The molecule has 0 amide bonds. The number of aliphatic hydroxyl groups excluding tert-OH is 1. The zero-order chi connectivity index (χ0) is 14.5. The monoisotopic (exact) mass is 294 g/mol. The molecule has 0 heterocycles. The quantitative estimate of drug-likeness (QED) is 0.441. The number of hydrogen-bond donors (Lipinski definition) is 1. The van der Waals surface area contributed by atoms with Crippen molar-refractivity contribution in [2.75, 3.05) is 38.8 Å². The maximum absolute atomic E-state index is 11.4. The Morgan fingerprint density at radius 2 is 1.74 bits per heavy atom. The van der Waals surface area contributed by atoms with Crippen molar-refractivity contribution in [1.29, 1.82) is 0 Å². The van der Waals surface area contributed by atoms with E-state index in [1.54, 1.807) is 0 Å². The minimum absolute atomic E-state index is 0.0788. The summed E-state index contributed by atoms with van der Waals surface area (Å²) in [5.41, 5.74) is 0. The third-order valence-electron chi connectivity index (χ3n) is 2.00. The first-order chi connectivity index (χ1) is 9.11. The van der Waals surface area contributed by atoms with Crippen molar-refractivity contribution in [3.63, 3.8) is 0 Å². The Hall–Kier alpha value is -0.630. The van der Waals surface area contributed by atoms with Crippen LogP contribution in [0.1, 0.15) is 20.3 Å². The lowest BCUT2D eigenvalue weighted by Crippen LogP contribution is -2.26. The van der Waals surface area contributed by atoms with Crippen LogP contribution in [0.25, 0.3) is 0 Å². The summed E-state index contributed by atoms with van der Waals surface area (Å²) in [6.07, 6.45) is -1.65. The van der Waals surface area contributed by atoms with Crippen LogP contribution in [0.2, 0.25) is 0 Å². The molecule has 0 fully saturated rings. The average Bonchev–Trinajstić information content (AvgIpc) is 2.39. The topological polar surface area (TPSA) is 82.1 Å². The highest BCUT2D eigenvalue weighted by Gasteiger charge is 2.20.